The van der Waals surface area contributed by atoms with Crippen molar-refractivity contribution in [3.63, 3.8) is 0 Å². The van der Waals surface area contributed by atoms with E-state index in [-0.39, 0.29) is 18.4 Å². The number of rotatable bonds is 6. The standard InChI is InChI=1S/C18H20F3N3O/c1-12(17(25)24-22)9-13-5-7-16(8-6-13)23-11-14-3-2-4-15(10-14)18(19,20)21/h2-8,10,12,23H,9,11,22H2,1H3,(H,24,25). The van der Waals surface area contributed by atoms with Gasteiger partial charge in [0.2, 0.25) is 5.91 Å². The second-order valence-electron chi connectivity index (χ2n) is 5.86. The van der Waals surface area contributed by atoms with Gasteiger partial charge in [-0.1, -0.05) is 31.2 Å². The zero-order chi connectivity index (χ0) is 18.4. The van der Waals surface area contributed by atoms with Crippen molar-refractivity contribution in [3.05, 3.63) is 65.2 Å². The molecule has 4 nitrogen and oxygen atoms in total. The van der Waals surface area contributed by atoms with Gasteiger partial charge in [-0.15, -0.1) is 0 Å². The van der Waals surface area contributed by atoms with E-state index in [1.165, 1.54) is 6.07 Å². The number of carbonyl (C=O) groups is 1. The van der Waals surface area contributed by atoms with Gasteiger partial charge in [0.05, 0.1) is 5.56 Å². The van der Waals surface area contributed by atoms with E-state index in [4.69, 9.17) is 5.84 Å². The summed E-state index contributed by atoms with van der Waals surface area (Å²) in [6, 6.07) is 12.6. The van der Waals surface area contributed by atoms with Crippen LogP contribution in [-0.2, 0) is 23.9 Å². The minimum Gasteiger partial charge on any atom is -0.381 e. The van der Waals surface area contributed by atoms with Crippen molar-refractivity contribution in [1.82, 2.24) is 5.43 Å². The number of hydrogen-bond donors (Lipinski definition) is 3. The first kappa shape index (κ1) is 18.8. The number of hydrazine groups is 1. The number of amides is 1. The molecule has 0 saturated heterocycles. The Labute approximate surface area is 144 Å². The maximum absolute atomic E-state index is 12.7. The summed E-state index contributed by atoms with van der Waals surface area (Å²) in [4.78, 5) is 11.4. The number of nitrogens with one attached hydrogen (secondary N) is 2. The second-order valence-corrected chi connectivity index (χ2v) is 5.86. The summed E-state index contributed by atoms with van der Waals surface area (Å²) in [7, 11) is 0. The predicted octanol–water partition coefficient (Wildman–Crippen LogP) is 3.49. The molecule has 0 aliphatic rings. The Kier molecular flexibility index (Phi) is 6.03. The summed E-state index contributed by atoms with van der Waals surface area (Å²) in [5, 5.41) is 3.09. The van der Waals surface area contributed by atoms with Crippen LogP contribution >= 0.6 is 0 Å². The molecule has 0 aliphatic heterocycles. The molecule has 0 aliphatic carbocycles. The summed E-state index contributed by atoms with van der Waals surface area (Å²) < 4.78 is 38.1. The number of halogens is 3. The highest BCUT2D eigenvalue weighted by Crippen LogP contribution is 2.29. The molecule has 0 radical (unpaired) electrons. The molecular formula is C18H20F3N3O. The van der Waals surface area contributed by atoms with Gasteiger partial charge in [-0.2, -0.15) is 13.2 Å². The van der Waals surface area contributed by atoms with Crippen LogP contribution in [-0.4, -0.2) is 5.91 Å². The van der Waals surface area contributed by atoms with E-state index < -0.39 is 11.7 Å². The van der Waals surface area contributed by atoms with Gasteiger partial charge >= 0.3 is 6.18 Å². The number of alkyl halides is 3. The van der Waals surface area contributed by atoms with Crippen LogP contribution in [0.5, 0.6) is 0 Å². The fourth-order valence-corrected chi connectivity index (χ4v) is 2.41. The molecule has 0 spiro atoms. The Hall–Kier alpha value is -2.54. The molecule has 4 N–H and O–H groups in total. The van der Waals surface area contributed by atoms with E-state index in [9.17, 15) is 18.0 Å². The molecule has 1 atom stereocenters. The minimum absolute atomic E-state index is 0.230. The normalized spacial score (nSPS) is 12.5. The van der Waals surface area contributed by atoms with Crippen LogP contribution < -0.4 is 16.6 Å². The third-order valence-corrected chi connectivity index (χ3v) is 3.84. The van der Waals surface area contributed by atoms with E-state index >= 15 is 0 Å². The fourth-order valence-electron chi connectivity index (χ4n) is 2.41. The van der Waals surface area contributed by atoms with Crippen molar-refractivity contribution in [2.75, 3.05) is 5.32 Å². The summed E-state index contributed by atoms with van der Waals surface area (Å²) in [5.41, 5.74) is 3.77. The van der Waals surface area contributed by atoms with Gasteiger partial charge < -0.3 is 5.32 Å². The zero-order valence-corrected chi connectivity index (χ0v) is 13.7. The summed E-state index contributed by atoms with van der Waals surface area (Å²) in [6.45, 7) is 2.07. The molecular weight excluding hydrogens is 331 g/mol. The lowest BCUT2D eigenvalue weighted by Gasteiger charge is -2.12. The monoisotopic (exact) mass is 351 g/mol. The first-order chi connectivity index (χ1) is 11.8. The molecule has 0 bridgehead atoms. The van der Waals surface area contributed by atoms with Crippen LogP contribution in [0.3, 0.4) is 0 Å². The highest BCUT2D eigenvalue weighted by atomic mass is 19.4. The molecule has 134 valence electrons. The number of carbonyl (C=O) groups excluding carboxylic acids is 1. The van der Waals surface area contributed by atoms with Crippen LogP contribution in [0.25, 0.3) is 0 Å². The highest BCUT2D eigenvalue weighted by Gasteiger charge is 2.30. The van der Waals surface area contributed by atoms with Crippen molar-refractivity contribution in [2.45, 2.75) is 26.1 Å². The lowest BCUT2D eigenvalue weighted by Crippen LogP contribution is -2.35. The van der Waals surface area contributed by atoms with Gasteiger partial charge in [-0.25, -0.2) is 5.84 Å². The zero-order valence-electron chi connectivity index (χ0n) is 13.7. The van der Waals surface area contributed by atoms with Crippen LogP contribution in [0.4, 0.5) is 18.9 Å². The molecule has 7 heteroatoms. The molecule has 0 saturated carbocycles. The van der Waals surface area contributed by atoms with Crippen molar-refractivity contribution in [2.24, 2.45) is 11.8 Å². The third kappa shape index (κ3) is 5.49. The van der Waals surface area contributed by atoms with Crippen molar-refractivity contribution in [3.8, 4) is 0 Å². The fraction of sp³-hybridized carbons (Fsp3) is 0.278. The SMILES string of the molecule is CC(Cc1ccc(NCc2cccc(C(F)(F)F)c2)cc1)C(=O)NN. The van der Waals surface area contributed by atoms with Gasteiger partial charge in [0, 0.05) is 18.2 Å². The van der Waals surface area contributed by atoms with E-state index in [1.807, 2.05) is 24.3 Å². The van der Waals surface area contributed by atoms with Crippen LogP contribution in [0.1, 0.15) is 23.6 Å². The number of hydrogen-bond acceptors (Lipinski definition) is 3. The van der Waals surface area contributed by atoms with Crippen LogP contribution in [0.2, 0.25) is 0 Å². The number of anilines is 1. The van der Waals surface area contributed by atoms with E-state index in [2.05, 4.69) is 10.7 Å². The van der Waals surface area contributed by atoms with Gasteiger partial charge in [0.25, 0.3) is 0 Å². The molecule has 1 amide bonds. The average Bonchev–Trinajstić information content (AvgIpc) is 2.60. The third-order valence-electron chi connectivity index (χ3n) is 3.84. The molecule has 2 aromatic rings. The Morgan fingerprint density at radius 3 is 2.40 bits per heavy atom. The molecule has 2 aromatic carbocycles. The maximum Gasteiger partial charge on any atom is 0.416 e. The van der Waals surface area contributed by atoms with Crippen LogP contribution in [0.15, 0.2) is 48.5 Å². The maximum atomic E-state index is 12.7. The summed E-state index contributed by atoms with van der Waals surface area (Å²) >= 11 is 0. The van der Waals surface area contributed by atoms with E-state index in [0.717, 1.165) is 23.4 Å². The first-order valence-corrected chi connectivity index (χ1v) is 7.79. The van der Waals surface area contributed by atoms with E-state index in [1.54, 1.807) is 13.0 Å². The molecule has 0 fully saturated rings. The van der Waals surface area contributed by atoms with Crippen LogP contribution in [0, 0.1) is 5.92 Å². The van der Waals surface area contributed by atoms with E-state index in [0.29, 0.717) is 12.0 Å². The average molecular weight is 351 g/mol. The Morgan fingerprint density at radius 1 is 1.12 bits per heavy atom. The van der Waals surface area contributed by atoms with Gasteiger partial charge in [0.15, 0.2) is 0 Å². The second kappa shape index (κ2) is 8.02. The predicted molar refractivity (Wildman–Crippen MR) is 90.4 cm³/mol. The minimum atomic E-state index is -4.34. The Morgan fingerprint density at radius 2 is 1.80 bits per heavy atom. The lowest BCUT2D eigenvalue weighted by molar-refractivity contribution is -0.137. The largest absolute Gasteiger partial charge is 0.416 e. The number of nitrogens with two attached hydrogens (primary N) is 1. The molecule has 0 heterocycles. The Balaban J connectivity index is 1.95. The Bertz CT molecular complexity index is 714. The summed E-state index contributed by atoms with van der Waals surface area (Å²) in [6.07, 6.45) is -3.79. The van der Waals surface area contributed by atoms with Crippen molar-refractivity contribution >= 4 is 11.6 Å². The smallest absolute Gasteiger partial charge is 0.381 e. The van der Waals surface area contributed by atoms with Crippen molar-refractivity contribution in [1.29, 1.82) is 0 Å². The molecule has 2 rings (SSSR count). The molecule has 0 aromatic heterocycles. The van der Waals surface area contributed by atoms with Gasteiger partial charge in [-0.05, 0) is 41.8 Å². The molecule has 1 unspecified atom stereocenters. The van der Waals surface area contributed by atoms with Gasteiger partial charge in [0.1, 0.15) is 0 Å². The van der Waals surface area contributed by atoms with Crippen molar-refractivity contribution < 1.29 is 18.0 Å². The highest BCUT2D eigenvalue weighted by molar-refractivity contribution is 5.77. The lowest BCUT2D eigenvalue weighted by atomic mass is 10.0. The van der Waals surface area contributed by atoms with Gasteiger partial charge in [-0.3, -0.25) is 10.2 Å². The number of benzene rings is 2. The quantitative estimate of drug-likeness (QED) is 0.424. The molecule has 25 heavy (non-hydrogen) atoms. The summed E-state index contributed by atoms with van der Waals surface area (Å²) in [5.74, 6) is 4.63. The topological polar surface area (TPSA) is 67.2 Å². The first-order valence-electron chi connectivity index (χ1n) is 7.79.